The maximum atomic E-state index is 6.43. The minimum absolute atomic E-state index is 0.599. The largest absolute Gasteiger partial charge is 0.456 e. The van der Waals surface area contributed by atoms with E-state index in [2.05, 4.69) is 157 Å². The second kappa shape index (κ2) is 12.6. The Labute approximate surface area is 317 Å². The molecule has 11 rings (SSSR count). The van der Waals surface area contributed by atoms with Crippen LogP contribution in [0, 0.1) is 0 Å². The summed E-state index contributed by atoms with van der Waals surface area (Å²) < 4.78 is 12.6. The number of anilines is 3. The SMILES string of the molecule is c1ccc(-c2cccc(N(c3ccc(-c4cccc5oc6cc7oc(-c8ccccc8)nc7cc6c45)cc3)c3ccc4ccc5ccccc5c4c3)c2)cc1. The Morgan fingerprint density at radius 1 is 0.364 bits per heavy atom. The first kappa shape index (κ1) is 31.1. The van der Waals surface area contributed by atoms with E-state index in [-0.39, 0.29) is 0 Å². The fraction of sp³-hybridized carbons (Fsp3) is 0. The quantitative estimate of drug-likeness (QED) is 0.162. The summed E-state index contributed by atoms with van der Waals surface area (Å²) in [7, 11) is 0. The molecule has 258 valence electrons. The van der Waals surface area contributed by atoms with Crippen LogP contribution in [0.2, 0.25) is 0 Å². The van der Waals surface area contributed by atoms with Gasteiger partial charge in [-0.05, 0) is 104 Å². The molecule has 0 saturated carbocycles. The summed E-state index contributed by atoms with van der Waals surface area (Å²) in [5.74, 6) is 0.599. The van der Waals surface area contributed by atoms with Gasteiger partial charge in [-0.25, -0.2) is 4.98 Å². The number of aromatic nitrogens is 1. The molecule has 0 aliphatic carbocycles. The minimum Gasteiger partial charge on any atom is -0.456 e. The van der Waals surface area contributed by atoms with Crippen molar-refractivity contribution in [1.29, 1.82) is 0 Å². The highest BCUT2D eigenvalue weighted by Gasteiger charge is 2.19. The van der Waals surface area contributed by atoms with Crippen LogP contribution in [0.3, 0.4) is 0 Å². The molecular formula is C51H32N2O2. The van der Waals surface area contributed by atoms with Gasteiger partial charge < -0.3 is 13.7 Å². The van der Waals surface area contributed by atoms with E-state index in [0.717, 1.165) is 61.2 Å². The van der Waals surface area contributed by atoms with Crippen molar-refractivity contribution < 1.29 is 8.83 Å². The highest BCUT2D eigenvalue weighted by Crippen LogP contribution is 2.42. The Kier molecular flexibility index (Phi) is 7.14. The average molecular weight is 705 g/mol. The lowest BCUT2D eigenvalue weighted by Crippen LogP contribution is -2.10. The van der Waals surface area contributed by atoms with Gasteiger partial charge >= 0.3 is 0 Å². The first-order valence-electron chi connectivity index (χ1n) is 18.5. The molecule has 0 atom stereocenters. The fourth-order valence-corrected chi connectivity index (χ4v) is 8.01. The van der Waals surface area contributed by atoms with Gasteiger partial charge in [-0.3, -0.25) is 0 Å². The van der Waals surface area contributed by atoms with E-state index >= 15 is 0 Å². The molecule has 9 aromatic carbocycles. The monoisotopic (exact) mass is 704 g/mol. The molecule has 55 heavy (non-hydrogen) atoms. The van der Waals surface area contributed by atoms with Crippen LogP contribution in [0.15, 0.2) is 203 Å². The molecule has 0 radical (unpaired) electrons. The molecule has 0 N–H and O–H groups in total. The number of hydrogen-bond acceptors (Lipinski definition) is 4. The highest BCUT2D eigenvalue weighted by molar-refractivity contribution is 6.15. The van der Waals surface area contributed by atoms with Gasteiger partial charge in [0.05, 0.1) is 0 Å². The molecular weight excluding hydrogens is 673 g/mol. The number of oxazole rings is 1. The van der Waals surface area contributed by atoms with Gasteiger partial charge in [0, 0.05) is 39.5 Å². The summed E-state index contributed by atoms with van der Waals surface area (Å²) in [6.45, 7) is 0. The lowest BCUT2D eigenvalue weighted by molar-refractivity contribution is 0.617. The average Bonchev–Trinajstić information content (AvgIpc) is 3.84. The van der Waals surface area contributed by atoms with Gasteiger partial charge in [0.25, 0.3) is 0 Å². The molecule has 0 saturated heterocycles. The van der Waals surface area contributed by atoms with E-state index in [9.17, 15) is 0 Å². The van der Waals surface area contributed by atoms with Gasteiger partial charge in [-0.2, -0.15) is 0 Å². The van der Waals surface area contributed by atoms with Crippen molar-refractivity contribution in [2.75, 3.05) is 4.90 Å². The number of benzene rings is 9. The molecule has 4 nitrogen and oxygen atoms in total. The van der Waals surface area contributed by atoms with Crippen molar-refractivity contribution in [2.45, 2.75) is 0 Å². The smallest absolute Gasteiger partial charge is 0.227 e. The molecule has 11 aromatic rings. The minimum atomic E-state index is 0.599. The predicted octanol–water partition coefficient (Wildman–Crippen LogP) is 14.5. The number of hydrogen-bond donors (Lipinski definition) is 0. The molecule has 0 amide bonds. The second-order valence-corrected chi connectivity index (χ2v) is 14.0. The van der Waals surface area contributed by atoms with Crippen molar-refractivity contribution in [1.82, 2.24) is 4.98 Å². The number of nitrogens with zero attached hydrogens (tertiary/aromatic N) is 2. The third kappa shape index (κ3) is 5.34. The van der Waals surface area contributed by atoms with Crippen LogP contribution in [0.1, 0.15) is 0 Å². The van der Waals surface area contributed by atoms with Gasteiger partial charge in [0.15, 0.2) is 5.58 Å². The summed E-state index contributed by atoms with van der Waals surface area (Å²) in [6, 6.07) is 68.4. The third-order valence-corrected chi connectivity index (χ3v) is 10.7. The Morgan fingerprint density at radius 2 is 1.04 bits per heavy atom. The molecule has 0 bridgehead atoms. The standard InChI is InChI=1S/C51H32N2O2/c1-3-11-33(12-4-1)38-16-9-17-40(29-38)53(41-28-25-36-22-21-34-13-7-8-18-42(34)44(36)30-41)39-26-23-35(24-27-39)43-19-10-20-47-50(43)45-31-46-49(32-48(45)54-47)55-51(52-46)37-14-5-2-6-15-37/h1-32H. The topological polar surface area (TPSA) is 42.4 Å². The first-order valence-corrected chi connectivity index (χ1v) is 18.5. The van der Waals surface area contributed by atoms with Crippen LogP contribution in [-0.4, -0.2) is 4.98 Å². The summed E-state index contributed by atoms with van der Waals surface area (Å²) in [6.07, 6.45) is 0. The Bertz CT molecular complexity index is 3200. The summed E-state index contributed by atoms with van der Waals surface area (Å²) in [5, 5.41) is 7.00. The van der Waals surface area contributed by atoms with Gasteiger partial charge in [0.2, 0.25) is 5.89 Å². The van der Waals surface area contributed by atoms with Gasteiger partial charge in [-0.15, -0.1) is 0 Å². The normalized spacial score (nSPS) is 11.6. The number of fused-ring (bicyclic) bond motifs is 7. The van der Waals surface area contributed by atoms with E-state index < -0.39 is 0 Å². The Hall–Kier alpha value is -7.43. The Morgan fingerprint density at radius 3 is 1.87 bits per heavy atom. The number of rotatable bonds is 6. The summed E-state index contributed by atoms with van der Waals surface area (Å²) >= 11 is 0. The Balaban J connectivity index is 1.04. The van der Waals surface area contributed by atoms with Gasteiger partial charge in [-0.1, -0.05) is 127 Å². The van der Waals surface area contributed by atoms with Gasteiger partial charge in [0.1, 0.15) is 16.7 Å². The van der Waals surface area contributed by atoms with Crippen molar-refractivity contribution in [3.8, 4) is 33.7 Å². The van der Waals surface area contributed by atoms with Crippen LogP contribution >= 0.6 is 0 Å². The zero-order valence-corrected chi connectivity index (χ0v) is 29.7. The van der Waals surface area contributed by atoms with Crippen molar-refractivity contribution in [3.63, 3.8) is 0 Å². The molecule has 0 aliphatic heterocycles. The zero-order valence-electron chi connectivity index (χ0n) is 29.7. The molecule has 2 aromatic heterocycles. The van der Waals surface area contributed by atoms with Crippen molar-refractivity contribution in [3.05, 3.63) is 194 Å². The zero-order chi connectivity index (χ0) is 36.3. The molecule has 0 unspecified atom stereocenters. The van der Waals surface area contributed by atoms with Crippen LogP contribution < -0.4 is 4.90 Å². The van der Waals surface area contributed by atoms with E-state index in [1.54, 1.807) is 0 Å². The van der Waals surface area contributed by atoms with E-state index in [1.807, 2.05) is 42.5 Å². The first-order chi connectivity index (χ1) is 27.2. The summed E-state index contributed by atoms with van der Waals surface area (Å²) in [5.41, 5.74) is 11.9. The van der Waals surface area contributed by atoms with Crippen LogP contribution in [0.5, 0.6) is 0 Å². The van der Waals surface area contributed by atoms with E-state index in [1.165, 1.54) is 32.7 Å². The van der Waals surface area contributed by atoms with Crippen molar-refractivity contribution in [2.24, 2.45) is 0 Å². The fourth-order valence-electron chi connectivity index (χ4n) is 8.01. The molecule has 0 aliphatic rings. The maximum absolute atomic E-state index is 6.43. The molecule has 2 heterocycles. The maximum Gasteiger partial charge on any atom is 0.227 e. The van der Waals surface area contributed by atoms with Crippen molar-refractivity contribution >= 4 is 71.6 Å². The molecule has 4 heteroatoms. The van der Waals surface area contributed by atoms with Crippen LogP contribution in [0.25, 0.3) is 88.3 Å². The van der Waals surface area contributed by atoms with Crippen LogP contribution in [0.4, 0.5) is 17.1 Å². The highest BCUT2D eigenvalue weighted by atomic mass is 16.4. The predicted molar refractivity (Wildman–Crippen MR) is 227 cm³/mol. The van der Waals surface area contributed by atoms with Crippen LogP contribution in [-0.2, 0) is 0 Å². The molecule has 0 spiro atoms. The molecule has 0 fully saturated rings. The summed E-state index contributed by atoms with van der Waals surface area (Å²) in [4.78, 5) is 7.22. The second-order valence-electron chi connectivity index (χ2n) is 14.0. The van der Waals surface area contributed by atoms with E-state index in [0.29, 0.717) is 11.5 Å². The third-order valence-electron chi connectivity index (χ3n) is 10.7. The van der Waals surface area contributed by atoms with E-state index in [4.69, 9.17) is 13.8 Å². The lowest BCUT2D eigenvalue weighted by atomic mass is 9.98. The number of furan rings is 1. The lowest BCUT2D eigenvalue weighted by Gasteiger charge is -2.27.